The van der Waals surface area contributed by atoms with Gasteiger partial charge in [-0.1, -0.05) is 52.3 Å². The van der Waals surface area contributed by atoms with Gasteiger partial charge in [0, 0.05) is 41.6 Å². The molecule has 0 fully saturated rings. The van der Waals surface area contributed by atoms with Gasteiger partial charge in [0.2, 0.25) is 0 Å². The SMILES string of the molecule is CCCC(CC)c1nccc(-c2ccccc2F)c1NC(=O)c1cnc(C(C)C)nc1. The molecule has 1 atom stereocenters. The number of carbonyl (C=O) groups excluding carboxylic acids is 1. The Morgan fingerprint density at radius 2 is 1.74 bits per heavy atom. The molecule has 2 heterocycles. The lowest BCUT2D eigenvalue weighted by atomic mass is 9.92. The largest absolute Gasteiger partial charge is 0.320 e. The second-order valence-corrected chi connectivity index (χ2v) is 7.93. The van der Waals surface area contributed by atoms with E-state index in [1.807, 2.05) is 13.8 Å². The average molecular weight is 421 g/mol. The van der Waals surface area contributed by atoms with E-state index in [0.29, 0.717) is 28.2 Å². The second kappa shape index (κ2) is 10.2. The Kier molecular flexibility index (Phi) is 7.45. The van der Waals surface area contributed by atoms with Gasteiger partial charge in [-0.3, -0.25) is 9.78 Å². The van der Waals surface area contributed by atoms with Gasteiger partial charge in [0.1, 0.15) is 11.6 Å². The first kappa shape index (κ1) is 22.5. The van der Waals surface area contributed by atoms with Crippen LogP contribution >= 0.6 is 0 Å². The summed E-state index contributed by atoms with van der Waals surface area (Å²) in [6.45, 7) is 8.21. The number of hydrogen-bond donors (Lipinski definition) is 1. The fourth-order valence-electron chi connectivity index (χ4n) is 3.64. The Hall–Kier alpha value is -3.15. The monoisotopic (exact) mass is 420 g/mol. The Balaban J connectivity index is 2.07. The van der Waals surface area contributed by atoms with Crippen LogP contribution in [0.15, 0.2) is 48.9 Å². The summed E-state index contributed by atoms with van der Waals surface area (Å²) in [6, 6.07) is 8.31. The molecule has 0 saturated carbocycles. The minimum Gasteiger partial charge on any atom is -0.320 e. The Morgan fingerprint density at radius 1 is 1.03 bits per heavy atom. The van der Waals surface area contributed by atoms with Crippen molar-refractivity contribution in [2.24, 2.45) is 0 Å². The molecule has 1 N–H and O–H groups in total. The third kappa shape index (κ3) is 5.13. The minimum atomic E-state index is -0.344. The molecule has 0 spiro atoms. The molecule has 1 unspecified atom stereocenters. The van der Waals surface area contributed by atoms with Gasteiger partial charge in [-0.05, 0) is 25.0 Å². The van der Waals surface area contributed by atoms with Crippen LogP contribution in [0, 0.1) is 5.82 Å². The topological polar surface area (TPSA) is 67.8 Å². The number of amides is 1. The van der Waals surface area contributed by atoms with Crippen molar-refractivity contribution in [1.29, 1.82) is 0 Å². The molecule has 0 saturated heterocycles. The number of nitrogens with zero attached hydrogens (tertiary/aromatic N) is 3. The quantitative estimate of drug-likeness (QED) is 0.461. The zero-order valence-electron chi connectivity index (χ0n) is 18.5. The van der Waals surface area contributed by atoms with Crippen LogP contribution in [0.4, 0.5) is 10.1 Å². The lowest BCUT2D eigenvalue weighted by Gasteiger charge is -2.21. The molecular formula is C25H29FN4O. The van der Waals surface area contributed by atoms with E-state index < -0.39 is 0 Å². The number of nitrogens with one attached hydrogen (secondary N) is 1. The van der Waals surface area contributed by atoms with Crippen LogP contribution in [0.3, 0.4) is 0 Å². The van der Waals surface area contributed by atoms with Gasteiger partial charge in [-0.2, -0.15) is 0 Å². The number of benzene rings is 1. The van der Waals surface area contributed by atoms with Crippen LogP contribution in [-0.4, -0.2) is 20.9 Å². The smallest absolute Gasteiger partial charge is 0.258 e. The van der Waals surface area contributed by atoms with Crippen molar-refractivity contribution in [1.82, 2.24) is 15.0 Å². The first-order valence-electron chi connectivity index (χ1n) is 10.8. The summed E-state index contributed by atoms with van der Waals surface area (Å²) in [5.74, 6) is 0.331. The van der Waals surface area contributed by atoms with E-state index in [1.54, 1.807) is 30.5 Å². The normalized spacial score (nSPS) is 12.1. The van der Waals surface area contributed by atoms with Crippen LogP contribution < -0.4 is 5.32 Å². The minimum absolute atomic E-state index is 0.159. The molecule has 3 rings (SSSR count). The molecular weight excluding hydrogens is 391 g/mol. The van der Waals surface area contributed by atoms with Crippen molar-refractivity contribution in [3.05, 3.63) is 71.8 Å². The standard InChI is InChI=1S/C25H29FN4O/c1-5-9-17(6-2)22-23(20(12-13-27-22)19-10-7-8-11-21(19)26)30-25(31)18-14-28-24(16(3)4)29-15-18/h7-8,10-17H,5-6,9H2,1-4H3,(H,30,31). The maximum atomic E-state index is 14.6. The summed E-state index contributed by atoms with van der Waals surface area (Å²) in [6.07, 6.45) is 7.53. The van der Waals surface area contributed by atoms with Crippen molar-refractivity contribution in [2.45, 2.75) is 58.8 Å². The second-order valence-electron chi connectivity index (χ2n) is 7.93. The van der Waals surface area contributed by atoms with E-state index >= 15 is 0 Å². The molecule has 31 heavy (non-hydrogen) atoms. The van der Waals surface area contributed by atoms with Gasteiger partial charge in [0.25, 0.3) is 5.91 Å². The average Bonchev–Trinajstić information content (AvgIpc) is 2.78. The molecule has 1 amide bonds. The summed E-state index contributed by atoms with van der Waals surface area (Å²) < 4.78 is 14.6. The lowest BCUT2D eigenvalue weighted by molar-refractivity contribution is 0.102. The molecule has 5 nitrogen and oxygen atoms in total. The summed E-state index contributed by atoms with van der Waals surface area (Å²) >= 11 is 0. The van der Waals surface area contributed by atoms with Crippen molar-refractivity contribution < 1.29 is 9.18 Å². The van der Waals surface area contributed by atoms with Crippen LogP contribution in [-0.2, 0) is 0 Å². The van der Waals surface area contributed by atoms with Gasteiger partial charge in [0.05, 0.1) is 16.9 Å². The summed E-state index contributed by atoms with van der Waals surface area (Å²) in [5.41, 5.74) is 2.72. The highest BCUT2D eigenvalue weighted by molar-refractivity contribution is 6.06. The molecule has 0 bridgehead atoms. The predicted octanol–water partition coefficient (Wildman–Crippen LogP) is 6.35. The van der Waals surface area contributed by atoms with E-state index in [1.165, 1.54) is 18.5 Å². The zero-order valence-corrected chi connectivity index (χ0v) is 18.5. The molecule has 1 aromatic carbocycles. The molecule has 0 aliphatic heterocycles. The zero-order chi connectivity index (χ0) is 22.4. The van der Waals surface area contributed by atoms with Gasteiger partial charge >= 0.3 is 0 Å². The summed E-state index contributed by atoms with van der Waals surface area (Å²) in [4.78, 5) is 26.3. The number of halogens is 1. The highest BCUT2D eigenvalue weighted by atomic mass is 19.1. The summed E-state index contributed by atoms with van der Waals surface area (Å²) in [7, 11) is 0. The third-order valence-corrected chi connectivity index (χ3v) is 5.35. The molecule has 3 aromatic rings. The predicted molar refractivity (Wildman–Crippen MR) is 122 cm³/mol. The molecule has 0 aliphatic rings. The van der Waals surface area contributed by atoms with Gasteiger partial charge in [-0.15, -0.1) is 0 Å². The molecule has 0 radical (unpaired) electrons. The number of anilines is 1. The first-order chi connectivity index (χ1) is 15.0. The summed E-state index contributed by atoms with van der Waals surface area (Å²) in [5, 5.41) is 2.99. The molecule has 162 valence electrons. The van der Waals surface area contributed by atoms with E-state index in [2.05, 4.69) is 34.1 Å². The van der Waals surface area contributed by atoms with E-state index in [-0.39, 0.29) is 23.6 Å². The van der Waals surface area contributed by atoms with E-state index in [9.17, 15) is 9.18 Å². The Labute approximate surface area is 183 Å². The van der Waals surface area contributed by atoms with Crippen molar-refractivity contribution in [2.75, 3.05) is 5.32 Å². The third-order valence-electron chi connectivity index (χ3n) is 5.35. The van der Waals surface area contributed by atoms with Crippen LogP contribution in [0.1, 0.15) is 80.7 Å². The molecule has 6 heteroatoms. The van der Waals surface area contributed by atoms with Crippen molar-refractivity contribution >= 4 is 11.6 Å². The van der Waals surface area contributed by atoms with Crippen LogP contribution in [0.2, 0.25) is 0 Å². The van der Waals surface area contributed by atoms with Gasteiger partial charge in [0.15, 0.2) is 0 Å². The molecule has 0 aliphatic carbocycles. The Morgan fingerprint density at radius 3 is 2.35 bits per heavy atom. The number of rotatable bonds is 8. The first-order valence-corrected chi connectivity index (χ1v) is 10.8. The molecule has 2 aromatic heterocycles. The fraction of sp³-hybridized carbons (Fsp3) is 0.360. The van der Waals surface area contributed by atoms with Crippen LogP contribution in [0.25, 0.3) is 11.1 Å². The van der Waals surface area contributed by atoms with Crippen molar-refractivity contribution in [3.63, 3.8) is 0 Å². The highest BCUT2D eigenvalue weighted by Gasteiger charge is 2.22. The number of hydrogen-bond acceptors (Lipinski definition) is 4. The maximum Gasteiger partial charge on any atom is 0.258 e. The van der Waals surface area contributed by atoms with Crippen molar-refractivity contribution in [3.8, 4) is 11.1 Å². The van der Waals surface area contributed by atoms with E-state index in [0.717, 1.165) is 25.0 Å². The van der Waals surface area contributed by atoms with Gasteiger partial charge in [-0.25, -0.2) is 14.4 Å². The van der Waals surface area contributed by atoms with Crippen LogP contribution in [0.5, 0.6) is 0 Å². The lowest BCUT2D eigenvalue weighted by Crippen LogP contribution is -2.17. The fourth-order valence-corrected chi connectivity index (χ4v) is 3.64. The Bertz CT molecular complexity index is 1030. The van der Waals surface area contributed by atoms with E-state index in [4.69, 9.17) is 0 Å². The number of carbonyl (C=O) groups is 1. The highest BCUT2D eigenvalue weighted by Crippen LogP contribution is 2.37. The number of pyridine rings is 1. The van der Waals surface area contributed by atoms with Gasteiger partial charge < -0.3 is 5.32 Å². The maximum absolute atomic E-state index is 14.6. The number of aromatic nitrogens is 3.